The summed E-state index contributed by atoms with van der Waals surface area (Å²) in [5.74, 6) is 0.307. The Labute approximate surface area is 65.3 Å². The summed E-state index contributed by atoms with van der Waals surface area (Å²) in [6.07, 6.45) is 3.19. The molecule has 0 aromatic heterocycles. The van der Waals surface area contributed by atoms with Crippen molar-refractivity contribution in [1.82, 2.24) is 0 Å². The minimum atomic E-state index is -0.301. The normalized spacial score (nSPS) is 20.4. The Morgan fingerprint density at radius 1 is 1.73 bits per heavy atom. The lowest BCUT2D eigenvalue weighted by atomic mass is 10.2. The van der Waals surface area contributed by atoms with Crippen molar-refractivity contribution in [3.8, 4) is 0 Å². The average molecular weight is 154 g/mol. The molecule has 0 unspecified atom stereocenters. The summed E-state index contributed by atoms with van der Waals surface area (Å²) in [6.45, 7) is 2.29. The smallest absolute Gasteiger partial charge is 0.336 e. The van der Waals surface area contributed by atoms with Gasteiger partial charge in [-0.3, -0.25) is 0 Å². The van der Waals surface area contributed by atoms with E-state index in [0.717, 1.165) is 5.57 Å². The van der Waals surface area contributed by atoms with E-state index < -0.39 is 0 Å². The molecule has 0 N–H and O–H groups in total. The number of allylic oxidation sites excluding steroid dienone is 1. The summed E-state index contributed by atoms with van der Waals surface area (Å²) in [7, 11) is 1.59. The Morgan fingerprint density at radius 2 is 2.45 bits per heavy atom. The number of esters is 1. The number of hydrogen-bond acceptors (Lipinski definition) is 3. The summed E-state index contributed by atoms with van der Waals surface area (Å²) >= 11 is 0. The van der Waals surface area contributed by atoms with Crippen molar-refractivity contribution >= 4 is 5.97 Å². The molecule has 1 rings (SSSR count). The lowest BCUT2D eigenvalue weighted by Gasteiger charge is -1.97. The first-order chi connectivity index (χ1) is 5.24. The fourth-order valence-electron chi connectivity index (χ4n) is 0.828. The van der Waals surface area contributed by atoms with Crippen molar-refractivity contribution in [2.75, 3.05) is 13.7 Å². The molecule has 3 nitrogen and oxygen atoms in total. The number of hydrogen-bond donors (Lipinski definition) is 0. The van der Waals surface area contributed by atoms with Crippen LogP contribution in [0.25, 0.3) is 0 Å². The van der Waals surface area contributed by atoms with Crippen LogP contribution >= 0.6 is 0 Å². The van der Waals surface area contributed by atoms with Gasteiger partial charge in [0.2, 0.25) is 0 Å². The van der Waals surface area contributed by atoms with Gasteiger partial charge in [-0.2, -0.15) is 0 Å². The standard InChI is InChI=1S/C8H10O3/c1-6-5-8(9)11-7(6)3-4-10-2/h3,5H,4H2,1-2H3/b7-3-. The monoisotopic (exact) mass is 154 g/mol. The predicted octanol–water partition coefficient (Wildman–Crippen LogP) is 1.02. The summed E-state index contributed by atoms with van der Waals surface area (Å²) in [5, 5.41) is 0. The van der Waals surface area contributed by atoms with Crippen molar-refractivity contribution in [2.45, 2.75) is 6.92 Å². The lowest BCUT2D eigenvalue weighted by molar-refractivity contribution is -0.132. The van der Waals surface area contributed by atoms with Crippen LogP contribution in [0.15, 0.2) is 23.5 Å². The van der Waals surface area contributed by atoms with Crippen LogP contribution < -0.4 is 0 Å². The van der Waals surface area contributed by atoms with Crippen molar-refractivity contribution < 1.29 is 14.3 Å². The zero-order valence-corrected chi connectivity index (χ0v) is 6.59. The second kappa shape index (κ2) is 3.34. The molecule has 0 aromatic carbocycles. The minimum absolute atomic E-state index is 0.301. The second-order valence-corrected chi connectivity index (χ2v) is 2.27. The maximum atomic E-state index is 10.6. The molecule has 0 bridgehead atoms. The largest absolute Gasteiger partial charge is 0.423 e. The molecule has 0 atom stereocenters. The molecule has 0 saturated heterocycles. The molecular formula is C8H10O3. The quantitative estimate of drug-likeness (QED) is 0.557. The fourth-order valence-corrected chi connectivity index (χ4v) is 0.828. The van der Waals surface area contributed by atoms with Crippen molar-refractivity contribution in [2.24, 2.45) is 0 Å². The predicted molar refractivity (Wildman–Crippen MR) is 39.8 cm³/mol. The van der Waals surface area contributed by atoms with Gasteiger partial charge in [0.1, 0.15) is 5.76 Å². The summed E-state index contributed by atoms with van der Waals surface area (Å²) in [6, 6.07) is 0. The zero-order valence-electron chi connectivity index (χ0n) is 6.59. The first kappa shape index (κ1) is 8.01. The van der Waals surface area contributed by atoms with Crippen LogP contribution in [-0.4, -0.2) is 19.7 Å². The molecule has 0 aliphatic carbocycles. The Morgan fingerprint density at radius 3 is 2.91 bits per heavy atom. The number of cyclic esters (lactones) is 1. The van der Waals surface area contributed by atoms with Crippen LogP contribution in [0.4, 0.5) is 0 Å². The van der Waals surface area contributed by atoms with Crippen LogP contribution in [0.1, 0.15) is 6.92 Å². The highest BCUT2D eigenvalue weighted by molar-refractivity contribution is 5.88. The van der Waals surface area contributed by atoms with E-state index in [1.807, 2.05) is 6.92 Å². The van der Waals surface area contributed by atoms with E-state index in [9.17, 15) is 4.79 Å². The highest BCUT2D eigenvalue weighted by Crippen LogP contribution is 2.17. The van der Waals surface area contributed by atoms with Crippen LogP contribution in [0.2, 0.25) is 0 Å². The van der Waals surface area contributed by atoms with Gasteiger partial charge in [-0.25, -0.2) is 4.79 Å². The van der Waals surface area contributed by atoms with Gasteiger partial charge in [0.25, 0.3) is 0 Å². The van der Waals surface area contributed by atoms with E-state index in [1.54, 1.807) is 13.2 Å². The highest BCUT2D eigenvalue weighted by Gasteiger charge is 2.14. The average Bonchev–Trinajstić information content (AvgIpc) is 2.26. The molecule has 0 fully saturated rings. The van der Waals surface area contributed by atoms with Gasteiger partial charge in [0.15, 0.2) is 0 Å². The SMILES string of the molecule is COC/C=C1\OC(=O)C=C1C. The number of ether oxygens (including phenoxy) is 2. The van der Waals surface area contributed by atoms with E-state index in [-0.39, 0.29) is 5.97 Å². The third-order valence-corrected chi connectivity index (χ3v) is 1.37. The molecule has 0 amide bonds. The topological polar surface area (TPSA) is 35.5 Å². The Kier molecular flexibility index (Phi) is 2.44. The minimum Gasteiger partial charge on any atom is -0.423 e. The lowest BCUT2D eigenvalue weighted by Crippen LogP contribution is -1.93. The third kappa shape index (κ3) is 1.91. The molecule has 3 heteroatoms. The number of carbonyl (C=O) groups is 1. The molecule has 0 saturated carbocycles. The summed E-state index contributed by atoms with van der Waals surface area (Å²) < 4.78 is 9.62. The molecule has 0 aromatic rings. The Hall–Kier alpha value is -1.09. The maximum Gasteiger partial charge on any atom is 0.336 e. The van der Waals surface area contributed by atoms with Crippen molar-refractivity contribution in [1.29, 1.82) is 0 Å². The van der Waals surface area contributed by atoms with E-state index in [1.165, 1.54) is 6.08 Å². The van der Waals surface area contributed by atoms with Gasteiger partial charge in [-0.15, -0.1) is 0 Å². The summed E-state index contributed by atoms with van der Waals surface area (Å²) in [5.41, 5.74) is 0.854. The molecule has 60 valence electrons. The molecule has 0 radical (unpaired) electrons. The van der Waals surface area contributed by atoms with Crippen LogP contribution in [0.3, 0.4) is 0 Å². The first-order valence-electron chi connectivity index (χ1n) is 3.33. The van der Waals surface area contributed by atoms with Crippen LogP contribution in [0, 0.1) is 0 Å². The number of rotatable bonds is 2. The molecule has 1 aliphatic rings. The third-order valence-electron chi connectivity index (χ3n) is 1.37. The maximum absolute atomic E-state index is 10.6. The fraction of sp³-hybridized carbons (Fsp3) is 0.375. The molecule has 1 heterocycles. The van der Waals surface area contributed by atoms with Gasteiger partial charge >= 0.3 is 5.97 Å². The van der Waals surface area contributed by atoms with Gasteiger partial charge in [-0.1, -0.05) is 0 Å². The number of carbonyl (C=O) groups excluding carboxylic acids is 1. The van der Waals surface area contributed by atoms with E-state index >= 15 is 0 Å². The van der Waals surface area contributed by atoms with Gasteiger partial charge in [-0.05, 0) is 18.6 Å². The molecule has 0 spiro atoms. The van der Waals surface area contributed by atoms with Crippen LogP contribution in [-0.2, 0) is 14.3 Å². The second-order valence-electron chi connectivity index (χ2n) is 2.27. The molecule has 1 aliphatic heterocycles. The zero-order chi connectivity index (χ0) is 8.27. The molecular weight excluding hydrogens is 144 g/mol. The van der Waals surface area contributed by atoms with Gasteiger partial charge in [0.05, 0.1) is 6.61 Å². The van der Waals surface area contributed by atoms with E-state index in [2.05, 4.69) is 0 Å². The van der Waals surface area contributed by atoms with Crippen molar-refractivity contribution in [3.05, 3.63) is 23.5 Å². The van der Waals surface area contributed by atoms with Gasteiger partial charge < -0.3 is 9.47 Å². The van der Waals surface area contributed by atoms with E-state index in [4.69, 9.17) is 9.47 Å². The highest BCUT2D eigenvalue weighted by atomic mass is 16.5. The summed E-state index contributed by atoms with van der Waals surface area (Å²) in [4.78, 5) is 10.6. The van der Waals surface area contributed by atoms with E-state index in [0.29, 0.717) is 12.4 Å². The Balaban J connectivity index is 2.63. The van der Waals surface area contributed by atoms with Crippen LogP contribution in [0.5, 0.6) is 0 Å². The number of methoxy groups -OCH3 is 1. The van der Waals surface area contributed by atoms with Gasteiger partial charge in [0, 0.05) is 13.2 Å². The first-order valence-corrected chi connectivity index (χ1v) is 3.33. The Bertz CT molecular complexity index is 225. The molecule has 11 heavy (non-hydrogen) atoms. The van der Waals surface area contributed by atoms with Crippen molar-refractivity contribution in [3.63, 3.8) is 0 Å².